The average Bonchev–Trinajstić information content (AvgIpc) is 2.64. The first-order valence-electron chi connectivity index (χ1n) is 8.20. The molecule has 2 aromatic rings. The fraction of sp³-hybridized carbons (Fsp3) is 0.316. The van der Waals surface area contributed by atoms with E-state index in [1.807, 2.05) is 24.3 Å². The van der Waals surface area contributed by atoms with E-state index in [4.69, 9.17) is 16.3 Å². The van der Waals surface area contributed by atoms with E-state index in [2.05, 4.69) is 4.90 Å². The Morgan fingerprint density at radius 2 is 1.80 bits per heavy atom. The lowest BCUT2D eigenvalue weighted by Gasteiger charge is -2.35. The maximum atomic E-state index is 12.7. The third-order valence-corrected chi connectivity index (χ3v) is 4.67. The van der Waals surface area contributed by atoms with Crippen molar-refractivity contribution >= 4 is 17.5 Å². The fourth-order valence-electron chi connectivity index (χ4n) is 2.94. The molecular formula is C19H21ClN2O3. The lowest BCUT2D eigenvalue weighted by molar-refractivity contribution is 0.0625. The molecule has 0 saturated carbocycles. The molecule has 1 heterocycles. The highest BCUT2D eigenvalue weighted by Gasteiger charge is 2.24. The largest absolute Gasteiger partial charge is 0.507 e. The minimum Gasteiger partial charge on any atom is -0.507 e. The van der Waals surface area contributed by atoms with Gasteiger partial charge in [0.2, 0.25) is 0 Å². The lowest BCUT2D eigenvalue weighted by atomic mass is 10.1. The second-order valence-corrected chi connectivity index (χ2v) is 6.51. The number of nitrogens with zero attached hydrogens (tertiary/aromatic N) is 2. The molecule has 1 saturated heterocycles. The summed E-state index contributed by atoms with van der Waals surface area (Å²) in [6.45, 7) is 3.67. The summed E-state index contributed by atoms with van der Waals surface area (Å²) < 4.78 is 5.14. The zero-order valence-electron chi connectivity index (χ0n) is 14.1. The van der Waals surface area contributed by atoms with Crippen molar-refractivity contribution in [2.24, 2.45) is 0 Å². The molecule has 5 nitrogen and oxygen atoms in total. The lowest BCUT2D eigenvalue weighted by Crippen LogP contribution is -2.48. The maximum absolute atomic E-state index is 12.7. The molecule has 0 radical (unpaired) electrons. The van der Waals surface area contributed by atoms with Crippen molar-refractivity contribution in [1.29, 1.82) is 0 Å². The Bertz CT molecular complexity index is 741. The van der Waals surface area contributed by atoms with Gasteiger partial charge in [0.1, 0.15) is 11.5 Å². The van der Waals surface area contributed by atoms with Crippen molar-refractivity contribution in [3.63, 3.8) is 0 Å². The van der Waals surface area contributed by atoms with Crippen molar-refractivity contribution in [2.75, 3.05) is 33.3 Å². The molecule has 1 N–H and O–H groups in total. The minimum absolute atomic E-state index is 0.0191. The quantitative estimate of drug-likeness (QED) is 0.910. The molecule has 1 aliphatic rings. The summed E-state index contributed by atoms with van der Waals surface area (Å²) >= 11 is 5.91. The number of rotatable bonds is 4. The van der Waals surface area contributed by atoms with Crippen molar-refractivity contribution in [2.45, 2.75) is 6.54 Å². The highest BCUT2D eigenvalue weighted by atomic mass is 35.5. The number of amides is 1. The summed E-state index contributed by atoms with van der Waals surface area (Å²) in [6, 6.07) is 12.5. The van der Waals surface area contributed by atoms with Gasteiger partial charge in [-0.2, -0.15) is 0 Å². The van der Waals surface area contributed by atoms with Crippen LogP contribution in [0.4, 0.5) is 0 Å². The number of hydrogen-bond donors (Lipinski definition) is 1. The van der Waals surface area contributed by atoms with Crippen LogP contribution in [-0.4, -0.2) is 54.1 Å². The average molecular weight is 361 g/mol. The molecule has 3 rings (SSSR count). The van der Waals surface area contributed by atoms with Crippen LogP contribution in [0.15, 0.2) is 42.5 Å². The van der Waals surface area contributed by atoms with Crippen molar-refractivity contribution in [3.05, 3.63) is 58.6 Å². The summed E-state index contributed by atoms with van der Waals surface area (Å²) in [6.07, 6.45) is 0. The molecule has 1 aliphatic heterocycles. The van der Waals surface area contributed by atoms with E-state index in [0.29, 0.717) is 18.8 Å². The van der Waals surface area contributed by atoms with Gasteiger partial charge in [0.25, 0.3) is 5.91 Å². The zero-order valence-corrected chi connectivity index (χ0v) is 14.9. The number of hydrogen-bond acceptors (Lipinski definition) is 4. The minimum atomic E-state index is -0.164. The molecule has 0 unspecified atom stereocenters. The number of carbonyl (C=O) groups is 1. The van der Waals surface area contributed by atoms with Gasteiger partial charge in [0, 0.05) is 37.7 Å². The van der Waals surface area contributed by atoms with Gasteiger partial charge in [-0.25, -0.2) is 0 Å². The van der Waals surface area contributed by atoms with Crippen LogP contribution in [0, 0.1) is 0 Å². The summed E-state index contributed by atoms with van der Waals surface area (Å²) in [7, 11) is 1.54. The molecule has 132 valence electrons. The monoisotopic (exact) mass is 360 g/mol. The number of phenolic OH excluding ortho intramolecular Hbond substituents is 1. The van der Waals surface area contributed by atoms with Gasteiger partial charge in [-0.05, 0) is 35.9 Å². The Kier molecular flexibility index (Phi) is 5.46. The number of ether oxygens (including phenoxy) is 1. The van der Waals surface area contributed by atoms with Gasteiger partial charge in [-0.3, -0.25) is 9.69 Å². The number of methoxy groups -OCH3 is 1. The van der Waals surface area contributed by atoms with E-state index in [0.717, 1.165) is 24.7 Å². The van der Waals surface area contributed by atoms with Crippen LogP contribution < -0.4 is 4.74 Å². The van der Waals surface area contributed by atoms with Crippen LogP contribution in [0.25, 0.3) is 0 Å². The Morgan fingerprint density at radius 3 is 2.44 bits per heavy atom. The third kappa shape index (κ3) is 4.24. The Hall–Kier alpha value is -2.24. The molecular weight excluding hydrogens is 340 g/mol. The van der Waals surface area contributed by atoms with Gasteiger partial charge in [-0.1, -0.05) is 23.7 Å². The molecule has 1 fully saturated rings. The zero-order chi connectivity index (χ0) is 17.8. The Morgan fingerprint density at radius 1 is 1.12 bits per heavy atom. The number of phenols is 1. The summed E-state index contributed by atoms with van der Waals surface area (Å²) in [5.74, 6) is 0.375. The molecule has 0 atom stereocenters. The predicted molar refractivity (Wildman–Crippen MR) is 97.3 cm³/mol. The predicted octanol–water partition coefficient (Wildman–Crippen LogP) is 3.01. The maximum Gasteiger partial charge on any atom is 0.257 e. The molecule has 2 aromatic carbocycles. The number of halogens is 1. The SMILES string of the molecule is COc1ccc(O)c(C(=O)N2CCN(Cc3ccc(Cl)cc3)CC2)c1. The highest BCUT2D eigenvalue weighted by molar-refractivity contribution is 6.30. The van der Waals surface area contributed by atoms with Crippen LogP contribution in [0.1, 0.15) is 15.9 Å². The summed E-state index contributed by atoms with van der Waals surface area (Å²) in [5.41, 5.74) is 1.49. The molecule has 6 heteroatoms. The molecule has 0 spiro atoms. The van der Waals surface area contributed by atoms with Crippen LogP contribution in [0.2, 0.25) is 5.02 Å². The van der Waals surface area contributed by atoms with E-state index in [-0.39, 0.29) is 17.2 Å². The molecule has 0 aliphatic carbocycles. The number of piperazine rings is 1. The van der Waals surface area contributed by atoms with Crippen LogP contribution in [0.5, 0.6) is 11.5 Å². The Balaban J connectivity index is 1.60. The summed E-state index contributed by atoms with van der Waals surface area (Å²) in [4.78, 5) is 16.7. The molecule has 0 bridgehead atoms. The first kappa shape index (κ1) is 17.6. The second-order valence-electron chi connectivity index (χ2n) is 6.08. The summed E-state index contributed by atoms with van der Waals surface area (Å²) in [5, 5.41) is 10.7. The normalized spacial score (nSPS) is 15.2. The molecule has 0 aromatic heterocycles. The van der Waals surface area contributed by atoms with Crippen molar-refractivity contribution in [3.8, 4) is 11.5 Å². The van der Waals surface area contributed by atoms with Crippen molar-refractivity contribution < 1.29 is 14.6 Å². The standard InChI is InChI=1S/C19H21ClN2O3/c1-25-16-6-7-18(23)17(12-16)19(24)22-10-8-21(9-11-22)13-14-2-4-15(20)5-3-14/h2-7,12,23H,8-11,13H2,1H3. The van der Waals surface area contributed by atoms with Gasteiger partial charge >= 0.3 is 0 Å². The first-order chi connectivity index (χ1) is 12.1. The number of benzene rings is 2. The fourth-order valence-corrected chi connectivity index (χ4v) is 3.07. The van der Waals surface area contributed by atoms with E-state index in [1.165, 1.54) is 18.7 Å². The van der Waals surface area contributed by atoms with Crippen LogP contribution in [-0.2, 0) is 6.54 Å². The number of aromatic hydroxyl groups is 1. The van der Waals surface area contributed by atoms with E-state index in [9.17, 15) is 9.90 Å². The van der Waals surface area contributed by atoms with Gasteiger partial charge < -0.3 is 14.7 Å². The topological polar surface area (TPSA) is 53.0 Å². The molecule has 25 heavy (non-hydrogen) atoms. The van der Waals surface area contributed by atoms with Crippen LogP contribution >= 0.6 is 11.6 Å². The molecule has 1 amide bonds. The second kappa shape index (κ2) is 7.76. The Labute approximate surface area is 152 Å². The highest BCUT2D eigenvalue weighted by Crippen LogP contribution is 2.25. The van der Waals surface area contributed by atoms with E-state index in [1.54, 1.807) is 17.0 Å². The van der Waals surface area contributed by atoms with Crippen LogP contribution in [0.3, 0.4) is 0 Å². The van der Waals surface area contributed by atoms with Gasteiger partial charge in [-0.15, -0.1) is 0 Å². The number of carbonyl (C=O) groups excluding carboxylic acids is 1. The first-order valence-corrected chi connectivity index (χ1v) is 8.57. The van der Waals surface area contributed by atoms with E-state index >= 15 is 0 Å². The van der Waals surface area contributed by atoms with E-state index < -0.39 is 0 Å². The van der Waals surface area contributed by atoms with Gasteiger partial charge in [0.05, 0.1) is 12.7 Å². The van der Waals surface area contributed by atoms with Gasteiger partial charge in [0.15, 0.2) is 0 Å². The third-order valence-electron chi connectivity index (χ3n) is 4.41. The van der Waals surface area contributed by atoms with Crippen molar-refractivity contribution in [1.82, 2.24) is 9.80 Å². The smallest absolute Gasteiger partial charge is 0.257 e.